The summed E-state index contributed by atoms with van der Waals surface area (Å²) >= 11 is 12.2. The molecule has 3 aromatic rings. The Morgan fingerprint density at radius 2 is 1.92 bits per heavy atom. The van der Waals surface area contributed by atoms with E-state index in [0.717, 1.165) is 18.4 Å². The van der Waals surface area contributed by atoms with Gasteiger partial charge in [0.15, 0.2) is 11.5 Å². The number of benzene rings is 1. The highest BCUT2D eigenvalue weighted by atomic mass is 35.5. The Morgan fingerprint density at radius 3 is 2.56 bits per heavy atom. The maximum absolute atomic E-state index is 9.77. The van der Waals surface area contributed by atoms with Crippen molar-refractivity contribution < 1.29 is 5.11 Å². The zero-order valence-corrected chi connectivity index (χ0v) is 15.1. The normalized spacial score (nSPS) is 16.8. The molecule has 0 aliphatic heterocycles. The lowest BCUT2D eigenvalue weighted by Gasteiger charge is -2.29. The number of nitrogens with one attached hydrogen (secondary N) is 1. The van der Waals surface area contributed by atoms with Crippen LogP contribution in [0, 0.1) is 5.92 Å². The van der Waals surface area contributed by atoms with Crippen LogP contribution in [0.3, 0.4) is 0 Å². The van der Waals surface area contributed by atoms with Gasteiger partial charge in [0.05, 0.1) is 12.1 Å². The fourth-order valence-electron chi connectivity index (χ4n) is 3.00. The fraction of sp³-hybridized carbons (Fsp3) is 0.353. The van der Waals surface area contributed by atoms with Crippen LogP contribution in [-0.4, -0.2) is 37.1 Å². The third-order valence-corrected chi connectivity index (χ3v) is 5.04. The second-order valence-electron chi connectivity index (χ2n) is 6.65. The Kier molecular flexibility index (Phi) is 4.06. The van der Waals surface area contributed by atoms with Crippen LogP contribution in [-0.2, 0) is 0 Å². The van der Waals surface area contributed by atoms with Gasteiger partial charge in [0.1, 0.15) is 5.82 Å². The number of aliphatic hydroxyl groups excluding tert-OH is 1. The Hall–Kier alpha value is -1.89. The zero-order valence-electron chi connectivity index (χ0n) is 13.6. The molecule has 8 heteroatoms. The second-order valence-corrected chi connectivity index (χ2v) is 7.52. The number of anilines is 1. The van der Waals surface area contributed by atoms with Crippen molar-refractivity contribution in [2.75, 3.05) is 11.9 Å². The standard InChI is InChI=1S/C17H17Cl2N5O/c1-17(9-25,11-2-3-11)20-14-4-5-15-21-22-16(24(15)23-14)10-6-12(18)8-13(19)7-10/h4-8,11,25H,2-3,9H2,1H3,(H,20,23). The van der Waals surface area contributed by atoms with E-state index in [-0.39, 0.29) is 12.1 Å². The molecule has 25 heavy (non-hydrogen) atoms. The van der Waals surface area contributed by atoms with Crippen LogP contribution >= 0.6 is 23.2 Å². The van der Waals surface area contributed by atoms with Gasteiger partial charge in [-0.2, -0.15) is 4.52 Å². The number of fused-ring (bicyclic) bond motifs is 1. The van der Waals surface area contributed by atoms with Crippen LogP contribution in [0.25, 0.3) is 17.0 Å². The number of nitrogens with zero attached hydrogens (tertiary/aromatic N) is 4. The molecule has 0 radical (unpaired) electrons. The van der Waals surface area contributed by atoms with Gasteiger partial charge in [0.25, 0.3) is 0 Å². The minimum absolute atomic E-state index is 0.0519. The number of aliphatic hydroxyl groups is 1. The van der Waals surface area contributed by atoms with E-state index in [2.05, 4.69) is 20.6 Å². The summed E-state index contributed by atoms with van der Waals surface area (Å²) in [5.41, 5.74) is 0.976. The predicted octanol–water partition coefficient (Wildman–Crippen LogP) is 3.67. The van der Waals surface area contributed by atoms with E-state index in [1.165, 1.54) is 0 Å². The van der Waals surface area contributed by atoms with Crippen LogP contribution in [0.1, 0.15) is 19.8 Å². The molecule has 6 nitrogen and oxygen atoms in total. The van der Waals surface area contributed by atoms with Gasteiger partial charge in [-0.15, -0.1) is 15.3 Å². The molecule has 1 atom stereocenters. The lowest BCUT2D eigenvalue weighted by molar-refractivity contribution is 0.205. The lowest BCUT2D eigenvalue weighted by atomic mass is 9.97. The Labute approximate surface area is 154 Å². The van der Waals surface area contributed by atoms with Crippen molar-refractivity contribution >= 4 is 34.7 Å². The third-order valence-electron chi connectivity index (χ3n) is 4.60. The number of hydrogen-bond donors (Lipinski definition) is 2. The van der Waals surface area contributed by atoms with E-state index in [9.17, 15) is 5.11 Å². The van der Waals surface area contributed by atoms with Gasteiger partial charge < -0.3 is 10.4 Å². The predicted molar refractivity (Wildman–Crippen MR) is 98.1 cm³/mol. The molecule has 1 fully saturated rings. The number of aromatic nitrogens is 4. The van der Waals surface area contributed by atoms with Gasteiger partial charge in [0, 0.05) is 15.6 Å². The molecule has 1 aromatic carbocycles. The smallest absolute Gasteiger partial charge is 0.185 e. The molecule has 0 saturated heterocycles. The molecule has 2 aromatic heterocycles. The number of hydrogen-bond acceptors (Lipinski definition) is 5. The highest BCUT2D eigenvalue weighted by molar-refractivity contribution is 6.35. The molecule has 0 spiro atoms. The van der Waals surface area contributed by atoms with E-state index in [4.69, 9.17) is 23.2 Å². The van der Waals surface area contributed by atoms with Gasteiger partial charge in [-0.05, 0) is 56.0 Å². The van der Waals surface area contributed by atoms with E-state index in [1.54, 1.807) is 22.7 Å². The van der Waals surface area contributed by atoms with Crippen molar-refractivity contribution in [3.05, 3.63) is 40.4 Å². The molecule has 130 valence electrons. The Bertz CT molecular complexity index is 920. The van der Waals surface area contributed by atoms with Crippen LogP contribution in [0.15, 0.2) is 30.3 Å². The summed E-state index contributed by atoms with van der Waals surface area (Å²) in [6.07, 6.45) is 2.23. The first-order valence-electron chi connectivity index (χ1n) is 8.06. The van der Waals surface area contributed by atoms with Crippen LogP contribution < -0.4 is 5.32 Å². The SMILES string of the molecule is CC(CO)(Nc1ccc2nnc(-c3cc(Cl)cc(Cl)c3)n2n1)C1CC1. The van der Waals surface area contributed by atoms with Gasteiger partial charge >= 0.3 is 0 Å². The maximum atomic E-state index is 9.77. The molecule has 2 heterocycles. The minimum Gasteiger partial charge on any atom is -0.394 e. The van der Waals surface area contributed by atoms with Crippen LogP contribution in [0.4, 0.5) is 5.82 Å². The van der Waals surface area contributed by atoms with Gasteiger partial charge in [-0.25, -0.2) is 0 Å². The van der Waals surface area contributed by atoms with Crippen molar-refractivity contribution in [2.24, 2.45) is 5.92 Å². The first kappa shape index (κ1) is 16.6. The number of halogens is 2. The summed E-state index contributed by atoms with van der Waals surface area (Å²) in [6, 6.07) is 8.89. The summed E-state index contributed by atoms with van der Waals surface area (Å²) in [5, 5.41) is 27.1. The maximum Gasteiger partial charge on any atom is 0.185 e. The van der Waals surface area contributed by atoms with E-state index in [0.29, 0.717) is 33.3 Å². The highest BCUT2D eigenvalue weighted by Gasteiger charge is 2.41. The highest BCUT2D eigenvalue weighted by Crippen LogP contribution is 2.41. The van der Waals surface area contributed by atoms with Crippen LogP contribution in [0.2, 0.25) is 10.0 Å². The van der Waals surface area contributed by atoms with Gasteiger partial charge in [-0.3, -0.25) is 0 Å². The summed E-state index contributed by atoms with van der Waals surface area (Å²) < 4.78 is 1.65. The fourth-order valence-corrected chi connectivity index (χ4v) is 3.53. The Morgan fingerprint density at radius 1 is 1.20 bits per heavy atom. The monoisotopic (exact) mass is 377 g/mol. The van der Waals surface area contributed by atoms with E-state index in [1.807, 2.05) is 19.1 Å². The number of rotatable bonds is 5. The van der Waals surface area contributed by atoms with Crippen molar-refractivity contribution in [3.8, 4) is 11.4 Å². The first-order valence-corrected chi connectivity index (χ1v) is 8.82. The van der Waals surface area contributed by atoms with Crippen molar-refractivity contribution in [2.45, 2.75) is 25.3 Å². The summed E-state index contributed by atoms with van der Waals surface area (Å²) in [5.74, 6) is 1.67. The quantitative estimate of drug-likeness (QED) is 0.709. The van der Waals surface area contributed by atoms with Crippen molar-refractivity contribution in [1.82, 2.24) is 19.8 Å². The van der Waals surface area contributed by atoms with E-state index < -0.39 is 0 Å². The average molecular weight is 378 g/mol. The third kappa shape index (κ3) is 3.17. The summed E-state index contributed by atoms with van der Waals surface area (Å²) in [6.45, 7) is 2.07. The van der Waals surface area contributed by atoms with Crippen molar-refractivity contribution in [1.29, 1.82) is 0 Å². The summed E-state index contributed by atoms with van der Waals surface area (Å²) in [7, 11) is 0. The second kappa shape index (κ2) is 6.12. The molecule has 1 unspecified atom stereocenters. The molecule has 2 N–H and O–H groups in total. The molecule has 1 aliphatic carbocycles. The average Bonchev–Trinajstić information content (AvgIpc) is 3.35. The Balaban J connectivity index is 1.75. The van der Waals surface area contributed by atoms with Crippen LogP contribution in [0.5, 0.6) is 0 Å². The van der Waals surface area contributed by atoms with Gasteiger partial charge in [-0.1, -0.05) is 23.2 Å². The van der Waals surface area contributed by atoms with Gasteiger partial charge in [0.2, 0.25) is 0 Å². The molecular formula is C17H17Cl2N5O. The molecular weight excluding hydrogens is 361 g/mol. The van der Waals surface area contributed by atoms with E-state index >= 15 is 0 Å². The molecule has 0 amide bonds. The molecule has 1 saturated carbocycles. The summed E-state index contributed by atoms with van der Waals surface area (Å²) in [4.78, 5) is 0. The largest absolute Gasteiger partial charge is 0.394 e. The van der Waals surface area contributed by atoms with Crippen molar-refractivity contribution in [3.63, 3.8) is 0 Å². The zero-order chi connectivity index (χ0) is 17.6. The lowest BCUT2D eigenvalue weighted by Crippen LogP contribution is -2.41. The first-order chi connectivity index (χ1) is 12.0. The minimum atomic E-state index is -0.381. The topological polar surface area (TPSA) is 75.3 Å². The molecule has 1 aliphatic rings. The molecule has 4 rings (SSSR count). The molecule has 0 bridgehead atoms.